The lowest BCUT2D eigenvalue weighted by atomic mass is 9.99. The molecule has 0 aliphatic carbocycles. The number of ether oxygens (including phenoxy) is 1. The molecular formula is C17H20ClF3N2O. The van der Waals surface area contributed by atoms with Gasteiger partial charge in [-0.25, -0.2) is 0 Å². The number of piperazine rings is 1. The number of methoxy groups -OCH3 is 1. The fourth-order valence-corrected chi connectivity index (χ4v) is 3.09. The van der Waals surface area contributed by atoms with Gasteiger partial charge >= 0.3 is 6.18 Å². The van der Waals surface area contributed by atoms with Gasteiger partial charge in [0.2, 0.25) is 0 Å². The smallest absolute Gasteiger partial charge is 0.408 e. The maximum absolute atomic E-state index is 13.6. The lowest BCUT2D eigenvalue weighted by Crippen LogP contribution is -2.49. The summed E-state index contributed by atoms with van der Waals surface area (Å²) in [6.45, 7) is 1.95. The van der Waals surface area contributed by atoms with Gasteiger partial charge in [-0.3, -0.25) is 4.90 Å². The highest BCUT2D eigenvalue weighted by atomic mass is 35.5. The molecule has 1 fully saturated rings. The molecule has 24 heavy (non-hydrogen) atoms. The summed E-state index contributed by atoms with van der Waals surface area (Å²) in [6, 6.07) is 8.76. The van der Waals surface area contributed by atoms with E-state index < -0.39 is 12.2 Å². The average molecular weight is 361 g/mol. The van der Waals surface area contributed by atoms with E-state index in [1.165, 1.54) is 4.90 Å². The number of halogens is 4. The van der Waals surface area contributed by atoms with Crippen LogP contribution in [0.25, 0.3) is 10.8 Å². The molecule has 1 aliphatic heterocycles. The summed E-state index contributed by atoms with van der Waals surface area (Å²) in [5.74, 6) is 0.694. The average Bonchev–Trinajstić information content (AvgIpc) is 2.54. The number of benzene rings is 2. The van der Waals surface area contributed by atoms with Gasteiger partial charge in [-0.05, 0) is 34.5 Å². The van der Waals surface area contributed by atoms with E-state index in [1.807, 2.05) is 6.07 Å². The Hall–Kier alpha value is -1.50. The third-order valence-electron chi connectivity index (χ3n) is 4.21. The van der Waals surface area contributed by atoms with Crippen molar-refractivity contribution in [2.24, 2.45) is 0 Å². The number of hydrogen-bond acceptors (Lipinski definition) is 3. The van der Waals surface area contributed by atoms with E-state index in [1.54, 1.807) is 37.4 Å². The van der Waals surface area contributed by atoms with Crippen LogP contribution in [0.4, 0.5) is 13.2 Å². The van der Waals surface area contributed by atoms with Gasteiger partial charge in [0.15, 0.2) is 0 Å². The predicted octanol–water partition coefficient (Wildman–Crippen LogP) is 3.78. The summed E-state index contributed by atoms with van der Waals surface area (Å²) >= 11 is 0. The minimum absolute atomic E-state index is 0. The second kappa shape index (κ2) is 7.59. The number of nitrogens with zero attached hydrogens (tertiary/aromatic N) is 1. The topological polar surface area (TPSA) is 24.5 Å². The monoisotopic (exact) mass is 360 g/mol. The summed E-state index contributed by atoms with van der Waals surface area (Å²) in [7, 11) is 1.57. The van der Waals surface area contributed by atoms with Crippen molar-refractivity contribution in [1.82, 2.24) is 10.2 Å². The normalized spacial score (nSPS) is 17.3. The van der Waals surface area contributed by atoms with E-state index in [-0.39, 0.29) is 18.0 Å². The number of hydrogen-bond donors (Lipinski definition) is 1. The molecule has 0 bridgehead atoms. The third-order valence-corrected chi connectivity index (χ3v) is 4.21. The first-order valence-electron chi connectivity index (χ1n) is 7.58. The highest BCUT2D eigenvalue weighted by Crippen LogP contribution is 2.39. The molecule has 1 aliphatic rings. The van der Waals surface area contributed by atoms with Crippen LogP contribution in [0.1, 0.15) is 11.6 Å². The van der Waals surface area contributed by atoms with Crippen molar-refractivity contribution in [2.75, 3.05) is 33.3 Å². The Morgan fingerprint density at radius 3 is 2.29 bits per heavy atom. The molecule has 0 amide bonds. The maximum Gasteiger partial charge on any atom is 0.408 e. The zero-order chi connectivity index (χ0) is 16.4. The molecule has 1 N–H and O–H groups in total. The molecule has 3 rings (SSSR count). The van der Waals surface area contributed by atoms with Crippen molar-refractivity contribution in [1.29, 1.82) is 0 Å². The van der Waals surface area contributed by atoms with Crippen molar-refractivity contribution < 1.29 is 17.9 Å². The molecule has 0 radical (unpaired) electrons. The first-order chi connectivity index (χ1) is 11.0. The summed E-state index contributed by atoms with van der Waals surface area (Å²) in [5, 5.41) is 4.75. The van der Waals surface area contributed by atoms with E-state index in [4.69, 9.17) is 4.74 Å². The Balaban J connectivity index is 0.00000208. The molecule has 0 aromatic heterocycles. The maximum atomic E-state index is 13.6. The van der Waals surface area contributed by atoms with Crippen LogP contribution in [0.15, 0.2) is 36.4 Å². The second-order valence-electron chi connectivity index (χ2n) is 5.70. The fraction of sp³-hybridized carbons (Fsp3) is 0.412. The molecule has 0 saturated carbocycles. The molecule has 0 spiro atoms. The molecule has 2 aromatic carbocycles. The highest BCUT2D eigenvalue weighted by molar-refractivity contribution is 5.85. The summed E-state index contributed by atoms with van der Waals surface area (Å²) < 4.78 is 46.0. The zero-order valence-electron chi connectivity index (χ0n) is 13.3. The summed E-state index contributed by atoms with van der Waals surface area (Å²) in [5.41, 5.74) is 0.289. The molecule has 132 valence electrons. The second-order valence-corrected chi connectivity index (χ2v) is 5.70. The number of nitrogens with one attached hydrogen (secondary N) is 1. The predicted molar refractivity (Wildman–Crippen MR) is 91.0 cm³/mol. The van der Waals surface area contributed by atoms with Crippen molar-refractivity contribution in [3.05, 3.63) is 42.0 Å². The van der Waals surface area contributed by atoms with Gasteiger partial charge in [0.25, 0.3) is 0 Å². The van der Waals surface area contributed by atoms with Crippen LogP contribution >= 0.6 is 12.4 Å². The Morgan fingerprint density at radius 1 is 1.04 bits per heavy atom. The first-order valence-corrected chi connectivity index (χ1v) is 7.58. The quantitative estimate of drug-likeness (QED) is 0.901. The lowest BCUT2D eigenvalue weighted by molar-refractivity contribution is -0.187. The van der Waals surface area contributed by atoms with Gasteiger partial charge in [-0.1, -0.05) is 18.2 Å². The Bertz CT molecular complexity index is 687. The van der Waals surface area contributed by atoms with Gasteiger partial charge in [0.1, 0.15) is 11.8 Å². The van der Waals surface area contributed by atoms with Crippen molar-refractivity contribution in [2.45, 2.75) is 12.2 Å². The minimum Gasteiger partial charge on any atom is -0.497 e. The van der Waals surface area contributed by atoms with Crippen molar-refractivity contribution in [3.8, 4) is 5.75 Å². The Morgan fingerprint density at radius 2 is 1.67 bits per heavy atom. The molecule has 1 atom stereocenters. The Kier molecular flexibility index (Phi) is 5.96. The van der Waals surface area contributed by atoms with Crippen LogP contribution < -0.4 is 10.1 Å². The molecule has 0 unspecified atom stereocenters. The van der Waals surface area contributed by atoms with Crippen LogP contribution in [0.3, 0.4) is 0 Å². The van der Waals surface area contributed by atoms with Crippen LogP contribution in [0, 0.1) is 0 Å². The number of fused-ring (bicyclic) bond motifs is 1. The summed E-state index contributed by atoms with van der Waals surface area (Å²) in [4.78, 5) is 1.50. The minimum atomic E-state index is -4.29. The number of alkyl halides is 3. The summed E-state index contributed by atoms with van der Waals surface area (Å²) in [6.07, 6.45) is -4.29. The standard InChI is InChI=1S/C17H19F3N2O.ClH/c1-23-15-5-4-12-10-14(3-2-13(12)11-15)16(17(18,19)20)22-8-6-21-7-9-22;/h2-5,10-11,16,21H,6-9H2,1H3;1H/t16-;/m0./s1. The van der Waals surface area contributed by atoms with Gasteiger partial charge in [-0.15, -0.1) is 12.4 Å². The van der Waals surface area contributed by atoms with E-state index in [0.717, 1.165) is 10.8 Å². The molecule has 1 saturated heterocycles. The molecule has 1 heterocycles. The van der Waals surface area contributed by atoms with Gasteiger partial charge in [-0.2, -0.15) is 13.2 Å². The van der Waals surface area contributed by atoms with Crippen LogP contribution in [0.2, 0.25) is 0 Å². The van der Waals surface area contributed by atoms with Crippen LogP contribution in [0.5, 0.6) is 5.75 Å². The fourth-order valence-electron chi connectivity index (χ4n) is 3.09. The third kappa shape index (κ3) is 3.94. The van der Waals surface area contributed by atoms with E-state index >= 15 is 0 Å². The molecular weight excluding hydrogens is 341 g/mol. The lowest BCUT2D eigenvalue weighted by Gasteiger charge is -2.36. The van der Waals surface area contributed by atoms with E-state index in [0.29, 0.717) is 31.9 Å². The highest BCUT2D eigenvalue weighted by Gasteiger charge is 2.44. The van der Waals surface area contributed by atoms with Crippen molar-refractivity contribution >= 4 is 23.2 Å². The molecule has 2 aromatic rings. The van der Waals surface area contributed by atoms with E-state index in [9.17, 15) is 13.2 Å². The van der Waals surface area contributed by atoms with Crippen molar-refractivity contribution in [3.63, 3.8) is 0 Å². The SMILES string of the molecule is COc1ccc2cc([C@H](N3CCNCC3)C(F)(F)F)ccc2c1.Cl. The zero-order valence-corrected chi connectivity index (χ0v) is 14.1. The number of rotatable bonds is 3. The van der Waals surface area contributed by atoms with E-state index in [2.05, 4.69) is 5.32 Å². The Labute approximate surface area is 145 Å². The largest absolute Gasteiger partial charge is 0.497 e. The van der Waals surface area contributed by atoms with Gasteiger partial charge in [0, 0.05) is 26.2 Å². The molecule has 3 nitrogen and oxygen atoms in total. The first kappa shape index (κ1) is 18.8. The van der Waals surface area contributed by atoms with Crippen LogP contribution in [-0.2, 0) is 0 Å². The molecule has 7 heteroatoms. The van der Waals surface area contributed by atoms with Gasteiger partial charge < -0.3 is 10.1 Å². The van der Waals surface area contributed by atoms with Crippen LogP contribution in [-0.4, -0.2) is 44.4 Å². The van der Waals surface area contributed by atoms with Gasteiger partial charge in [0.05, 0.1) is 7.11 Å².